The minimum atomic E-state index is -1.08. The van der Waals surface area contributed by atoms with Crippen LogP contribution in [-0.4, -0.2) is 54.0 Å². The second-order valence-corrected chi connectivity index (χ2v) is 9.12. The van der Waals surface area contributed by atoms with Crippen molar-refractivity contribution < 1.29 is 22.6 Å². The number of rotatable bonds is 5. The lowest BCUT2D eigenvalue weighted by molar-refractivity contribution is 0.130. The number of hydrogen-bond donors (Lipinski definition) is 1. The van der Waals surface area contributed by atoms with Crippen molar-refractivity contribution in [1.29, 1.82) is 0 Å². The third-order valence-corrected chi connectivity index (χ3v) is 6.87. The Balaban J connectivity index is 1.75. The molecule has 3 unspecified atom stereocenters. The third-order valence-electron chi connectivity index (χ3n) is 6.87. The Morgan fingerprint density at radius 1 is 1.35 bits per heavy atom. The van der Waals surface area contributed by atoms with Crippen molar-refractivity contribution in [3.63, 3.8) is 0 Å². The van der Waals surface area contributed by atoms with Crippen molar-refractivity contribution in [3.05, 3.63) is 41.1 Å². The van der Waals surface area contributed by atoms with Crippen molar-refractivity contribution in [3.8, 4) is 29.6 Å². The van der Waals surface area contributed by atoms with E-state index < -0.39 is 23.9 Å². The van der Waals surface area contributed by atoms with Gasteiger partial charge in [-0.05, 0) is 31.0 Å². The van der Waals surface area contributed by atoms with Crippen LogP contribution >= 0.6 is 0 Å². The number of allylic oxidation sites excluding steroid dienone is 2. The molecule has 2 fully saturated rings. The van der Waals surface area contributed by atoms with Gasteiger partial charge < -0.3 is 20.1 Å². The molecule has 5 rings (SSSR count). The molecule has 1 aliphatic heterocycles. The monoisotopic (exact) mass is 509 g/mol. The lowest BCUT2D eigenvalue weighted by atomic mass is 9.91. The quantitative estimate of drug-likeness (QED) is 0.397. The number of aryl methyl sites for hydroxylation is 1. The molecule has 37 heavy (non-hydrogen) atoms. The van der Waals surface area contributed by atoms with Gasteiger partial charge in [-0.3, -0.25) is 4.98 Å². The highest BCUT2D eigenvalue weighted by atomic mass is 19.1. The Bertz CT molecular complexity index is 1470. The SMILES string of the molecule is C#C/C(=C(\F)CC)c1c(C)cc(N)cc1-c1ncc2c(N3CCOCC4C(F)C43)nc(OC)nc2c1F. The van der Waals surface area contributed by atoms with E-state index in [0.29, 0.717) is 42.4 Å². The predicted octanol–water partition coefficient (Wildman–Crippen LogP) is 4.63. The smallest absolute Gasteiger partial charge is 0.318 e. The van der Waals surface area contributed by atoms with Crippen LogP contribution in [0.4, 0.5) is 24.7 Å². The molecule has 3 aromatic rings. The number of fused-ring (bicyclic) bond motifs is 2. The third kappa shape index (κ3) is 4.13. The molecule has 0 bridgehead atoms. The van der Waals surface area contributed by atoms with E-state index >= 15 is 4.39 Å². The second kappa shape index (κ2) is 9.56. The lowest BCUT2D eigenvalue weighted by Gasteiger charge is -2.24. The summed E-state index contributed by atoms with van der Waals surface area (Å²) in [6, 6.07) is 2.63. The first-order chi connectivity index (χ1) is 17.8. The zero-order valence-electron chi connectivity index (χ0n) is 20.7. The zero-order valence-corrected chi connectivity index (χ0v) is 20.7. The molecule has 3 atom stereocenters. The zero-order chi connectivity index (χ0) is 26.4. The maximum absolute atomic E-state index is 16.2. The Labute approximate surface area is 212 Å². The Hall–Kier alpha value is -3.84. The number of anilines is 2. The van der Waals surface area contributed by atoms with E-state index in [-0.39, 0.29) is 46.1 Å². The van der Waals surface area contributed by atoms with Crippen LogP contribution in [0.5, 0.6) is 6.01 Å². The summed E-state index contributed by atoms with van der Waals surface area (Å²) in [5.74, 6) is 1.14. The van der Waals surface area contributed by atoms with E-state index in [1.165, 1.54) is 19.4 Å². The summed E-state index contributed by atoms with van der Waals surface area (Å²) in [6.07, 6.45) is 6.09. The van der Waals surface area contributed by atoms with Crippen molar-refractivity contribution in [2.75, 3.05) is 37.5 Å². The van der Waals surface area contributed by atoms with Gasteiger partial charge in [-0.15, -0.1) is 6.42 Å². The molecule has 7 nitrogen and oxygen atoms in total. The number of hydrogen-bond acceptors (Lipinski definition) is 7. The molecular weight excluding hydrogens is 483 g/mol. The molecule has 1 aliphatic carbocycles. The van der Waals surface area contributed by atoms with E-state index in [1.54, 1.807) is 24.8 Å². The highest BCUT2D eigenvalue weighted by molar-refractivity contribution is 5.96. The second-order valence-electron chi connectivity index (χ2n) is 9.12. The van der Waals surface area contributed by atoms with Gasteiger partial charge in [0.05, 0.1) is 37.3 Å². The van der Waals surface area contributed by atoms with Crippen LogP contribution in [0.3, 0.4) is 0 Å². The van der Waals surface area contributed by atoms with Crippen molar-refractivity contribution in [2.45, 2.75) is 32.5 Å². The van der Waals surface area contributed by atoms with Gasteiger partial charge in [0, 0.05) is 35.5 Å². The number of ether oxygens (including phenoxy) is 2. The number of benzene rings is 1. The molecule has 10 heteroatoms. The summed E-state index contributed by atoms with van der Waals surface area (Å²) in [6.45, 7) is 4.41. The molecule has 2 aromatic heterocycles. The number of terminal acetylenes is 1. The number of alkyl halides is 1. The molecule has 0 amide bonds. The van der Waals surface area contributed by atoms with Crippen LogP contribution in [0, 0.1) is 31.0 Å². The molecule has 0 spiro atoms. The van der Waals surface area contributed by atoms with Crippen molar-refractivity contribution in [2.24, 2.45) is 5.92 Å². The average molecular weight is 510 g/mol. The molecular formula is C27H26F3N5O2. The van der Waals surface area contributed by atoms with Gasteiger partial charge in [-0.1, -0.05) is 12.8 Å². The van der Waals surface area contributed by atoms with Crippen LogP contribution in [0.25, 0.3) is 27.7 Å². The van der Waals surface area contributed by atoms with Gasteiger partial charge in [-0.2, -0.15) is 9.97 Å². The molecule has 0 radical (unpaired) electrons. The van der Waals surface area contributed by atoms with E-state index in [4.69, 9.17) is 21.6 Å². The fourth-order valence-corrected chi connectivity index (χ4v) is 5.00. The molecule has 192 valence electrons. The number of nitrogen functional groups attached to an aromatic ring is 1. The van der Waals surface area contributed by atoms with Crippen LogP contribution in [-0.2, 0) is 4.74 Å². The topological polar surface area (TPSA) is 86.4 Å². The summed E-state index contributed by atoms with van der Waals surface area (Å²) in [5.41, 5.74) is 7.40. The number of methoxy groups -OCH3 is 1. The number of pyridine rings is 1. The molecule has 2 aliphatic rings. The van der Waals surface area contributed by atoms with Gasteiger partial charge in [0.2, 0.25) is 0 Å². The molecule has 3 heterocycles. The molecule has 1 saturated heterocycles. The fourth-order valence-electron chi connectivity index (χ4n) is 5.00. The Kier molecular flexibility index (Phi) is 6.42. The van der Waals surface area contributed by atoms with E-state index in [0.717, 1.165) is 0 Å². The maximum Gasteiger partial charge on any atom is 0.318 e. The van der Waals surface area contributed by atoms with Gasteiger partial charge in [0.1, 0.15) is 29.0 Å². The number of nitrogens with zero attached hydrogens (tertiary/aromatic N) is 4. The van der Waals surface area contributed by atoms with Gasteiger partial charge in [0.25, 0.3) is 0 Å². The maximum atomic E-state index is 16.2. The molecule has 1 saturated carbocycles. The normalized spacial score (nSPS) is 21.6. The minimum Gasteiger partial charge on any atom is -0.467 e. The first-order valence-corrected chi connectivity index (χ1v) is 11.9. The van der Waals surface area contributed by atoms with Gasteiger partial charge >= 0.3 is 6.01 Å². The summed E-state index contributed by atoms with van der Waals surface area (Å²) >= 11 is 0. The Morgan fingerprint density at radius 2 is 2.14 bits per heavy atom. The van der Waals surface area contributed by atoms with E-state index in [2.05, 4.69) is 20.9 Å². The standard InChI is InChI=1S/C27H26F3N5O2/c1-5-15(19(28)6-2)20-13(3)9-14(31)10-16(20)23-22(30)24-17(11-32-23)26(34-27(33-24)36-4)35-7-8-37-12-18-21(29)25(18)35/h1,9-11,18,21,25H,6-8,12,31H2,2-4H3/b19-15+. The lowest BCUT2D eigenvalue weighted by Crippen LogP contribution is -2.31. The van der Waals surface area contributed by atoms with Crippen molar-refractivity contribution >= 4 is 28.0 Å². The Morgan fingerprint density at radius 3 is 2.84 bits per heavy atom. The van der Waals surface area contributed by atoms with Gasteiger partial charge in [0.15, 0.2) is 5.82 Å². The van der Waals surface area contributed by atoms with E-state index in [9.17, 15) is 8.78 Å². The first kappa shape index (κ1) is 24.8. The first-order valence-electron chi connectivity index (χ1n) is 11.9. The van der Waals surface area contributed by atoms with Crippen LogP contribution in [0.2, 0.25) is 0 Å². The predicted molar refractivity (Wildman–Crippen MR) is 136 cm³/mol. The van der Waals surface area contributed by atoms with Crippen molar-refractivity contribution in [1.82, 2.24) is 15.0 Å². The van der Waals surface area contributed by atoms with Gasteiger partial charge in [-0.25, -0.2) is 13.2 Å². The summed E-state index contributed by atoms with van der Waals surface area (Å²) in [7, 11) is 1.37. The summed E-state index contributed by atoms with van der Waals surface area (Å²) < 4.78 is 56.3. The average Bonchev–Trinajstić information content (AvgIpc) is 3.59. The number of aromatic nitrogens is 3. The molecule has 1 aromatic carbocycles. The fraction of sp³-hybridized carbons (Fsp3) is 0.370. The minimum absolute atomic E-state index is 0.00980. The van der Waals surface area contributed by atoms with Crippen LogP contribution in [0.1, 0.15) is 24.5 Å². The van der Waals surface area contributed by atoms with Crippen LogP contribution < -0.4 is 15.4 Å². The molecule has 2 N–H and O–H groups in total. The highest BCUT2D eigenvalue weighted by Gasteiger charge is 2.56. The number of nitrogens with two attached hydrogens (primary N) is 1. The highest BCUT2D eigenvalue weighted by Crippen LogP contribution is 2.45. The van der Waals surface area contributed by atoms with Crippen LogP contribution in [0.15, 0.2) is 24.2 Å². The number of halogens is 3. The largest absolute Gasteiger partial charge is 0.467 e. The van der Waals surface area contributed by atoms with E-state index in [1.807, 2.05) is 0 Å². The summed E-state index contributed by atoms with van der Waals surface area (Å²) in [4.78, 5) is 14.8. The summed E-state index contributed by atoms with van der Waals surface area (Å²) in [5, 5.41) is 0.288.